The van der Waals surface area contributed by atoms with Crippen molar-refractivity contribution in [2.45, 2.75) is 26.2 Å². The molecule has 0 bridgehead atoms. The van der Waals surface area contributed by atoms with Gasteiger partial charge in [0.15, 0.2) is 0 Å². The Balaban J connectivity index is 1.97. The second kappa shape index (κ2) is 2.78. The number of hydrogen-bond acceptors (Lipinski definition) is 1. The maximum Gasteiger partial charge on any atom is 0.000937 e. The summed E-state index contributed by atoms with van der Waals surface area (Å²) in [5.41, 5.74) is 0. The van der Waals surface area contributed by atoms with Crippen LogP contribution in [-0.2, 0) is 0 Å². The first-order valence-corrected chi connectivity index (χ1v) is 4.94. The molecule has 0 N–H and O–H groups in total. The van der Waals surface area contributed by atoms with Crippen LogP contribution in [0.25, 0.3) is 0 Å². The van der Waals surface area contributed by atoms with Crippen LogP contribution in [-0.4, -0.2) is 25.0 Å². The molecule has 11 heavy (non-hydrogen) atoms. The molecule has 0 radical (unpaired) electrons. The molecule has 2 rings (SSSR count). The molecule has 1 aliphatic heterocycles. The van der Waals surface area contributed by atoms with Crippen molar-refractivity contribution in [3.63, 3.8) is 0 Å². The van der Waals surface area contributed by atoms with E-state index in [4.69, 9.17) is 0 Å². The summed E-state index contributed by atoms with van der Waals surface area (Å²) >= 11 is 0. The summed E-state index contributed by atoms with van der Waals surface area (Å²) in [6, 6.07) is 0. The van der Waals surface area contributed by atoms with E-state index in [0.29, 0.717) is 0 Å². The van der Waals surface area contributed by atoms with Crippen molar-refractivity contribution in [1.82, 2.24) is 4.90 Å². The minimum Gasteiger partial charge on any atom is -0.306 e. The highest BCUT2D eigenvalue weighted by Crippen LogP contribution is 2.40. The van der Waals surface area contributed by atoms with Crippen LogP contribution >= 0.6 is 0 Å². The van der Waals surface area contributed by atoms with E-state index in [1.807, 2.05) is 0 Å². The van der Waals surface area contributed by atoms with Crippen molar-refractivity contribution >= 4 is 0 Å². The van der Waals surface area contributed by atoms with Crippen molar-refractivity contribution < 1.29 is 0 Å². The molecule has 2 aliphatic rings. The fraction of sp³-hybridized carbons (Fsp3) is 1.00. The molecule has 1 nitrogen and oxygen atoms in total. The zero-order chi connectivity index (χ0) is 7.84. The van der Waals surface area contributed by atoms with Gasteiger partial charge in [0.1, 0.15) is 0 Å². The van der Waals surface area contributed by atoms with Crippen molar-refractivity contribution in [3.8, 4) is 0 Å². The van der Waals surface area contributed by atoms with E-state index in [0.717, 1.165) is 17.8 Å². The highest BCUT2D eigenvalue weighted by Gasteiger charge is 2.34. The van der Waals surface area contributed by atoms with Gasteiger partial charge in [0.2, 0.25) is 0 Å². The standard InChI is InChI=1S/C10H19N/c1-8-5-9-3-4-11(2)7-10(9)6-8/h8-10H,3-7H2,1-2H3/t8?,9-,10-/m1/s1. The normalized spacial score (nSPS) is 45.8. The molecular formula is C10H19N. The Morgan fingerprint density at radius 2 is 1.91 bits per heavy atom. The highest BCUT2D eigenvalue weighted by molar-refractivity contribution is 4.86. The van der Waals surface area contributed by atoms with Crippen molar-refractivity contribution in [3.05, 3.63) is 0 Å². The number of hydrogen-bond donors (Lipinski definition) is 0. The molecule has 64 valence electrons. The Morgan fingerprint density at radius 1 is 1.18 bits per heavy atom. The second-order valence-corrected chi connectivity index (χ2v) is 4.65. The van der Waals surface area contributed by atoms with Crippen molar-refractivity contribution in [1.29, 1.82) is 0 Å². The first-order chi connectivity index (χ1) is 5.25. The molecule has 3 atom stereocenters. The fourth-order valence-electron chi connectivity index (χ4n) is 2.97. The molecule has 1 heterocycles. The average molecular weight is 153 g/mol. The minimum atomic E-state index is 1.01. The molecule has 0 spiro atoms. The van der Waals surface area contributed by atoms with Gasteiger partial charge >= 0.3 is 0 Å². The summed E-state index contributed by atoms with van der Waals surface area (Å²) in [4.78, 5) is 2.50. The smallest absolute Gasteiger partial charge is 0.000937 e. The Hall–Kier alpha value is -0.0400. The van der Waals surface area contributed by atoms with Gasteiger partial charge in [-0.2, -0.15) is 0 Å². The van der Waals surface area contributed by atoms with E-state index in [1.54, 1.807) is 0 Å². The molecular weight excluding hydrogens is 134 g/mol. The molecule has 1 saturated heterocycles. The lowest BCUT2D eigenvalue weighted by molar-refractivity contribution is 0.166. The number of nitrogens with zero attached hydrogens (tertiary/aromatic N) is 1. The van der Waals surface area contributed by atoms with Gasteiger partial charge in [0.25, 0.3) is 0 Å². The van der Waals surface area contributed by atoms with Crippen molar-refractivity contribution in [2.24, 2.45) is 17.8 Å². The lowest BCUT2D eigenvalue weighted by Gasteiger charge is -2.32. The summed E-state index contributed by atoms with van der Waals surface area (Å²) in [6.07, 6.45) is 4.47. The predicted molar refractivity (Wildman–Crippen MR) is 47.5 cm³/mol. The predicted octanol–water partition coefficient (Wildman–Crippen LogP) is 1.98. The maximum absolute atomic E-state index is 2.50. The van der Waals surface area contributed by atoms with Crippen LogP contribution in [0.4, 0.5) is 0 Å². The maximum atomic E-state index is 2.50. The van der Waals surface area contributed by atoms with Gasteiger partial charge in [-0.05, 0) is 50.6 Å². The fourth-order valence-corrected chi connectivity index (χ4v) is 2.97. The third-order valence-corrected chi connectivity index (χ3v) is 3.50. The molecule has 0 aromatic carbocycles. The number of likely N-dealkylation sites (tertiary alicyclic amines) is 1. The second-order valence-electron chi connectivity index (χ2n) is 4.65. The molecule has 0 amide bonds. The van der Waals surface area contributed by atoms with Gasteiger partial charge in [-0.15, -0.1) is 0 Å². The van der Waals surface area contributed by atoms with E-state index >= 15 is 0 Å². The largest absolute Gasteiger partial charge is 0.306 e. The molecule has 1 heteroatoms. The zero-order valence-corrected chi connectivity index (χ0v) is 7.71. The van der Waals surface area contributed by atoms with E-state index in [1.165, 1.54) is 32.4 Å². The van der Waals surface area contributed by atoms with Crippen LogP contribution in [0.15, 0.2) is 0 Å². The summed E-state index contributed by atoms with van der Waals surface area (Å²) in [6.45, 7) is 5.13. The van der Waals surface area contributed by atoms with Gasteiger partial charge < -0.3 is 4.90 Å². The summed E-state index contributed by atoms with van der Waals surface area (Å²) in [7, 11) is 2.26. The third kappa shape index (κ3) is 1.44. The van der Waals surface area contributed by atoms with Gasteiger partial charge in [-0.3, -0.25) is 0 Å². The first kappa shape index (κ1) is 7.60. The van der Waals surface area contributed by atoms with E-state index in [-0.39, 0.29) is 0 Å². The summed E-state index contributed by atoms with van der Waals surface area (Å²) in [5.74, 6) is 3.14. The first-order valence-electron chi connectivity index (χ1n) is 4.94. The van der Waals surface area contributed by atoms with Crippen LogP contribution in [0.1, 0.15) is 26.2 Å². The highest BCUT2D eigenvalue weighted by atomic mass is 15.1. The topological polar surface area (TPSA) is 3.24 Å². The minimum absolute atomic E-state index is 1.01. The Bertz CT molecular complexity index is 144. The lowest BCUT2D eigenvalue weighted by atomic mass is 9.89. The van der Waals surface area contributed by atoms with Gasteiger partial charge in [-0.25, -0.2) is 0 Å². The molecule has 1 aliphatic carbocycles. The van der Waals surface area contributed by atoms with E-state index in [9.17, 15) is 0 Å². The molecule has 0 aromatic heterocycles. The summed E-state index contributed by atoms with van der Waals surface area (Å²) in [5, 5.41) is 0. The Kier molecular flexibility index (Phi) is 1.92. The SMILES string of the molecule is CC1C[C@H]2CCN(C)C[C@H]2C1. The van der Waals surface area contributed by atoms with Gasteiger partial charge in [0, 0.05) is 6.54 Å². The van der Waals surface area contributed by atoms with E-state index < -0.39 is 0 Å². The summed E-state index contributed by atoms with van der Waals surface area (Å²) < 4.78 is 0. The van der Waals surface area contributed by atoms with Crippen LogP contribution in [0.5, 0.6) is 0 Å². The van der Waals surface area contributed by atoms with Crippen molar-refractivity contribution in [2.75, 3.05) is 20.1 Å². The van der Waals surface area contributed by atoms with Crippen LogP contribution < -0.4 is 0 Å². The number of fused-ring (bicyclic) bond motifs is 1. The van der Waals surface area contributed by atoms with E-state index in [2.05, 4.69) is 18.9 Å². The number of rotatable bonds is 0. The van der Waals surface area contributed by atoms with Gasteiger partial charge in [0.05, 0.1) is 0 Å². The van der Waals surface area contributed by atoms with Crippen LogP contribution in [0, 0.1) is 17.8 Å². The molecule has 0 aromatic rings. The Labute approximate surface area is 69.8 Å². The average Bonchev–Trinajstić information content (AvgIpc) is 2.27. The zero-order valence-electron chi connectivity index (χ0n) is 7.71. The van der Waals surface area contributed by atoms with Crippen LogP contribution in [0.3, 0.4) is 0 Å². The van der Waals surface area contributed by atoms with Gasteiger partial charge in [-0.1, -0.05) is 6.92 Å². The third-order valence-electron chi connectivity index (χ3n) is 3.50. The number of piperidine rings is 1. The lowest BCUT2D eigenvalue weighted by Crippen LogP contribution is -2.35. The molecule has 2 fully saturated rings. The van der Waals surface area contributed by atoms with Crippen LogP contribution in [0.2, 0.25) is 0 Å². The monoisotopic (exact) mass is 153 g/mol. The molecule has 1 unspecified atom stereocenters. The Morgan fingerprint density at radius 3 is 2.73 bits per heavy atom. The molecule has 1 saturated carbocycles. The quantitative estimate of drug-likeness (QED) is 0.514.